The molecule has 0 radical (unpaired) electrons. The maximum absolute atomic E-state index is 13.3. The smallest absolute Gasteiger partial charge is 0.144 e. The lowest BCUT2D eigenvalue weighted by atomic mass is 9.82. The van der Waals surface area contributed by atoms with Crippen LogP contribution in [0.3, 0.4) is 0 Å². The molecule has 3 rings (SSSR count). The van der Waals surface area contributed by atoms with E-state index >= 15 is 0 Å². The molecule has 1 aromatic carbocycles. The second-order valence-corrected chi connectivity index (χ2v) is 8.86. The molecular formula is C16H20FNO2S. The van der Waals surface area contributed by atoms with E-state index in [1.165, 1.54) is 12.1 Å². The van der Waals surface area contributed by atoms with Crippen molar-refractivity contribution < 1.29 is 13.7 Å². The summed E-state index contributed by atoms with van der Waals surface area (Å²) in [6.45, 7) is 6.30. The molecule has 114 valence electrons. The van der Waals surface area contributed by atoms with Gasteiger partial charge in [0.1, 0.15) is 27.7 Å². The fraction of sp³-hybridized carbons (Fsp3) is 0.562. The summed E-state index contributed by atoms with van der Waals surface area (Å²) in [4.78, 5) is 0. The molecule has 3 nitrogen and oxygen atoms in total. The van der Waals surface area contributed by atoms with Crippen LogP contribution in [0.25, 0.3) is 0 Å². The Morgan fingerprint density at radius 2 is 2.14 bits per heavy atom. The molecule has 2 aliphatic rings. The van der Waals surface area contributed by atoms with E-state index in [4.69, 9.17) is 4.74 Å². The molecule has 1 aliphatic carbocycles. The van der Waals surface area contributed by atoms with Crippen LogP contribution >= 0.6 is 0 Å². The van der Waals surface area contributed by atoms with Crippen LogP contribution < -0.4 is 4.74 Å². The number of benzene rings is 1. The zero-order chi connectivity index (χ0) is 15.3. The van der Waals surface area contributed by atoms with E-state index in [9.17, 15) is 8.94 Å². The third-order valence-electron chi connectivity index (χ3n) is 4.21. The van der Waals surface area contributed by atoms with Crippen molar-refractivity contribution in [2.45, 2.75) is 44.3 Å². The minimum Gasteiger partial charge on any atom is -0.591 e. The lowest BCUT2D eigenvalue weighted by molar-refractivity contribution is 0.198. The molecule has 21 heavy (non-hydrogen) atoms. The zero-order valence-corrected chi connectivity index (χ0v) is 13.4. The van der Waals surface area contributed by atoms with Crippen molar-refractivity contribution in [3.63, 3.8) is 0 Å². The maximum Gasteiger partial charge on any atom is 0.144 e. The predicted octanol–water partition coefficient (Wildman–Crippen LogP) is 3.61. The molecule has 1 aliphatic heterocycles. The van der Waals surface area contributed by atoms with Crippen LogP contribution in [0.4, 0.5) is 4.39 Å². The number of rotatable bonds is 2. The van der Waals surface area contributed by atoms with E-state index in [-0.39, 0.29) is 21.9 Å². The summed E-state index contributed by atoms with van der Waals surface area (Å²) in [6, 6.07) is 4.64. The van der Waals surface area contributed by atoms with Gasteiger partial charge in [-0.15, -0.1) is 0 Å². The topological polar surface area (TPSA) is 44.7 Å². The molecular weight excluding hydrogens is 289 g/mol. The summed E-state index contributed by atoms with van der Waals surface area (Å²) in [5.41, 5.74) is 1.02. The Balaban J connectivity index is 1.91. The van der Waals surface area contributed by atoms with E-state index in [1.807, 2.05) is 20.8 Å². The van der Waals surface area contributed by atoms with Crippen LogP contribution in [0.5, 0.6) is 5.75 Å². The van der Waals surface area contributed by atoms with Crippen molar-refractivity contribution in [3.05, 3.63) is 29.6 Å². The van der Waals surface area contributed by atoms with Gasteiger partial charge in [0.05, 0.1) is 12.8 Å². The Kier molecular flexibility index (Phi) is 3.53. The summed E-state index contributed by atoms with van der Waals surface area (Å²) >= 11 is -1.27. The summed E-state index contributed by atoms with van der Waals surface area (Å²) in [5, 5.41) is 0. The maximum atomic E-state index is 13.3. The first kappa shape index (κ1) is 14.9. The van der Waals surface area contributed by atoms with Crippen molar-refractivity contribution in [3.8, 4) is 5.75 Å². The fourth-order valence-corrected chi connectivity index (χ4v) is 3.21. The van der Waals surface area contributed by atoms with E-state index in [0.717, 1.165) is 18.4 Å². The molecule has 1 heterocycles. The highest BCUT2D eigenvalue weighted by molar-refractivity contribution is 7.91. The predicted molar refractivity (Wildman–Crippen MR) is 82.7 cm³/mol. The van der Waals surface area contributed by atoms with E-state index in [2.05, 4.69) is 4.40 Å². The van der Waals surface area contributed by atoms with E-state index < -0.39 is 11.4 Å². The number of halogens is 1. The molecule has 0 amide bonds. The molecule has 1 spiro atoms. The van der Waals surface area contributed by atoms with Crippen LogP contribution in [0.1, 0.15) is 45.1 Å². The first-order valence-corrected chi connectivity index (χ1v) is 8.31. The Hall–Kier alpha value is -1.07. The van der Waals surface area contributed by atoms with Gasteiger partial charge in [-0.3, -0.25) is 0 Å². The lowest BCUT2D eigenvalue weighted by Crippen LogP contribution is -2.30. The van der Waals surface area contributed by atoms with E-state index in [0.29, 0.717) is 12.4 Å². The van der Waals surface area contributed by atoms with Gasteiger partial charge in [0.25, 0.3) is 0 Å². The molecule has 5 heteroatoms. The van der Waals surface area contributed by atoms with Crippen LogP contribution in [0.2, 0.25) is 0 Å². The molecule has 1 fully saturated rings. The van der Waals surface area contributed by atoms with Gasteiger partial charge in [-0.1, -0.05) is 10.5 Å². The highest BCUT2D eigenvalue weighted by Gasteiger charge is 2.53. The van der Waals surface area contributed by atoms with Gasteiger partial charge < -0.3 is 9.29 Å². The monoisotopic (exact) mass is 309 g/mol. The normalized spacial score (nSPS) is 24.7. The van der Waals surface area contributed by atoms with Crippen molar-refractivity contribution in [1.82, 2.24) is 0 Å². The highest BCUT2D eigenvalue weighted by atomic mass is 32.2. The summed E-state index contributed by atoms with van der Waals surface area (Å²) < 4.78 is 35.1. The van der Waals surface area contributed by atoms with Crippen molar-refractivity contribution >= 4 is 17.6 Å². The molecule has 0 aromatic heterocycles. The van der Waals surface area contributed by atoms with Gasteiger partial charge in [0.2, 0.25) is 0 Å². The van der Waals surface area contributed by atoms with Crippen molar-refractivity contribution in [2.24, 2.45) is 9.81 Å². The van der Waals surface area contributed by atoms with Crippen molar-refractivity contribution in [1.29, 1.82) is 0 Å². The molecule has 0 N–H and O–H groups in total. The summed E-state index contributed by atoms with van der Waals surface area (Å²) in [5.74, 6) is 0.355. The Labute approximate surface area is 127 Å². The average molecular weight is 309 g/mol. The Bertz CT molecular complexity index is 578. The first-order valence-electron chi connectivity index (χ1n) is 7.20. The summed E-state index contributed by atoms with van der Waals surface area (Å²) in [7, 11) is 0. The molecule has 1 unspecified atom stereocenters. The minimum absolute atomic E-state index is 0.0631. The van der Waals surface area contributed by atoms with Crippen LogP contribution in [-0.4, -0.2) is 22.1 Å². The summed E-state index contributed by atoms with van der Waals surface area (Å²) in [6.07, 6.45) is 3.94. The molecule has 0 saturated heterocycles. The highest BCUT2D eigenvalue weighted by Crippen LogP contribution is 2.59. The SMILES string of the molecule is CC(C)(C)[S@+]([O-])/N=C/C1c2ccc(F)cc2OCC12CC2. The number of nitrogens with zero attached hydrogens (tertiary/aromatic N) is 1. The largest absolute Gasteiger partial charge is 0.591 e. The van der Waals surface area contributed by atoms with Gasteiger partial charge >= 0.3 is 0 Å². The molecule has 1 aromatic rings. The van der Waals surface area contributed by atoms with Crippen molar-refractivity contribution in [2.75, 3.05) is 6.61 Å². The fourth-order valence-electron chi connectivity index (χ4n) is 2.66. The molecule has 1 saturated carbocycles. The average Bonchev–Trinajstić information content (AvgIpc) is 3.17. The van der Waals surface area contributed by atoms with Gasteiger partial charge in [0.15, 0.2) is 0 Å². The van der Waals surface area contributed by atoms with Gasteiger partial charge in [-0.25, -0.2) is 4.39 Å². The third kappa shape index (κ3) is 2.81. The minimum atomic E-state index is -1.27. The number of fused-ring (bicyclic) bond motifs is 1. The van der Waals surface area contributed by atoms with Crippen LogP contribution in [0.15, 0.2) is 22.6 Å². The number of hydrogen-bond acceptors (Lipinski definition) is 3. The van der Waals surface area contributed by atoms with Gasteiger partial charge in [0, 0.05) is 23.0 Å². The first-order chi connectivity index (χ1) is 9.82. The lowest BCUT2D eigenvalue weighted by Gasteiger charge is -2.31. The number of ether oxygens (including phenoxy) is 1. The second kappa shape index (κ2) is 4.99. The van der Waals surface area contributed by atoms with E-state index in [1.54, 1.807) is 12.3 Å². The van der Waals surface area contributed by atoms with Crippen LogP contribution in [-0.2, 0) is 11.4 Å². The standard InChI is InChI=1S/C16H20FNO2S/c1-15(2,3)21(19)18-9-13-12-5-4-11(17)8-14(12)20-10-16(13)6-7-16/h4-5,8-9,13H,6-7,10H2,1-3H3/b18-9+/t13?,21-/m0/s1. The zero-order valence-electron chi connectivity index (χ0n) is 12.6. The quantitative estimate of drug-likeness (QED) is 0.619. The van der Waals surface area contributed by atoms with Crippen LogP contribution in [0, 0.1) is 11.2 Å². The third-order valence-corrected chi connectivity index (χ3v) is 5.57. The Morgan fingerprint density at radius 1 is 1.43 bits per heavy atom. The Morgan fingerprint density at radius 3 is 2.76 bits per heavy atom. The molecule has 2 atom stereocenters. The molecule has 0 bridgehead atoms. The second-order valence-electron chi connectivity index (χ2n) is 6.93. The van der Waals surface area contributed by atoms with Gasteiger partial charge in [-0.05, 0) is 39.7 Å². The van der Waals surface area contributed by atoms with Gasteiger partial charge in [-0.2, -0.15) is 0 Å². The number of hydrogen-bond donors (Lipinski definition) is 0.